The molecule has 176 valence electrons. The van der Waals surface area contributed by atoms with E-state index in [-0.39, 0.29) is 5.41 Å². The third-order valence-corrected chi connectivity index (χ3v) is 12.9. The molecule has 1 heteroatoms. The summed E-state index contributed by atoms with van der Waals surface area (Å²) in [5, 5.41) is 10.7. The van der Waals surface area contributed by atoms with Crippen molar-refractivity contribution in [3.05, 3.63) is 11.8 Å². The maximum Gasteiger partial charge on any atom is 0.0942 e. The lowest BCUT2D eigenvalue weighted by atomic mass is 9.42. The van der Waals surface area contributed by atoms with Crippen LogP contribution in [-0.4, -0.2) is 5.11 Å². The summed E-state index contributed by atoms with van der Waals surface area (Å²) in [4.78, 5) is 0. The molecule has 1 nitrogen and oxygen atoms in total. The highest BCUT2D eigenvalue weighted by molar-refractivity contribution is 5.34. The minimum absolute atomic E-state index is 0.0164. The van der Waals surface area contributed by atoms with Crippen LogP contribution in [0.5, 0.6) is 0 Å². The number of aliphatic hydroxyl groups is 1. The van der Waals surface area contributed by atoms with Crippen LogP contribution in [0.25, 0.3) is 0 Å². The fourth-order valence-electron chi connectivity index (χ4n) is 10.9. The molecule has 0 heterocycles. The largest absolute Gasteiger partial charge is 0.512 e. The summed E-state index contributed by atoms with van der Waals surface area (Å²) in [6.45, 7) is 17.5. The van der Waals surface area contributed by atoms with Crippen molar-refractivity contribution in [2.24, 2.45) is 56.7 Å². The first-order chi connectivity index (χ1) is 14.4. The van der Waals surface area contributed by atoms with Crippen molar-refractivity contribution in [1.29, 1.82) is 0 Å². The minimum Gasteiger partial charge on any atom is -0.512 e. The number of rotatable bonds is 5. The van der Waals surface area contributed by atoms with Gasteiger partial charge in [-0.25, -0.2) is 0 Å². The van der Waals surface area contributed by atoms with Gasteiger partial charge < -0.3 is 5.11 Å². The van der Waals surface area contributed by atoms with Gasteiger partial charge in [0, 0.05) is 5.41 Å². The lowest BCUT2D eigenvalue weighted by Gasteiger charge is -2.62. The zero-order chi connectivity index (χ0) is 22.4. The molecule has 0 aromatic heterocycles. The van der Waals surface area contributed by atoms with E-state index in [4.69, 9.17) is 0 Å². The Morgan fingerprint density at radius 3 is 2.29 bits per heavy atom. The predicted molar refractivity (Wildman–Crippen MR) is 131 cm³/mol. The maximum atomic E-state index is 10.7. The molecule has 8 unspecified atom stereocenters. The average Bonchev–Trinajstić information content (AvgIpc) is 3.27. The monoisotopic (exact) mass is 426 g/mol. The van der Waals surface area contributed by atoms with Crippen LogP contribution in [0.15, 0.2) is 11.8 Å². The number of hydrogen-bond acceptors (Lipinski definition) is 1. The molecule has 2 spiro atoms. The maximum absolute atomic E-state index is 10.7. The Morgan fingerprint density at radius 2 is 1.58 bits per heavy atom. The SMILES string of the molecule is CC(C)CCCC(C)C1CCC2(C)C3CCC4C(C)(C)C(O)=CCC45CC35CCC12C. The number of fused-ring (bicyclic) bond motifs is 2. The second kappa shape index (κ2) is 6.79. The van der Waals surface area contributed by atoms with Gasteiger partial charge in [-0.05, 0) is 109 Å². The molecular formula is C30H50O. The van der Waals surface area contributed by atoms with Crippen molar-refractivity contribution < 1.29 is 5.11 Å². The summed E-state index contributed by atoms with van der Waals surface area (Å²) < 4.78 is 0. The molecule has 31 heavy (non-hydrogen) atoms. The third kappa shape index (κ3) is 2.67. The van der Waals surface area contributed by atoms with Crippen molar-refractivity contribution in [2.45, 2.75) is 119 Å². The van der Waals surface area contributed by atoms with E-state index in [1.54, 1.807) is 0 Å². The number of allylic oxidation sites excluding steroid dienone is 2. The highest BCUT2D eigenvalue weighted by Crippen LogP contribution is 2.88. The normalized spacial score (nSPS) is 50.7. The van der Waals surface area contributed by atoms with Gasteiger partial charge >= 0.3 is 0 Å². The van der Waals surface area contributed by atoms with Crippen LogP contribution in [0.3, 0.4) is 0 Å². The van der Waals surface area contributed by atoms with Gasteiger partial charge in [-0.2, -0.15) is 0 Å². The van der Waals surface area contributed by atoms with E-state index in [0.29, 0.717) is 33.3 Å². The van der Waals surface area contributed by atoms with E-state index in [9.17, 15) is 5.11 Å². The standard InChI is InChI=1S/C30H50O/c1-20(2)9-8-10-21(3)22-13-15-28(7)24-12-11-23-26(4,5)25(31)14-16-29(23)19-30(24,29)18-17-27(22,28)6/h14,20-24,31H,8-13,15-19H2,1-7H3. The van der Waals surface area contributed by atoms with E-state index in [0.717, 1.165) is 30.1 Å². The molecule has 0 aliphatic heterocycles. The summed E-state index contributed by atoms with van der Waals surface area (Å²) >= 11 is 0. The summed E-state index contributed by atoms with van der Waals surface area (Å²) in [6.07, 6.45) is 17.8. The molecule has 0 aromatic rings. The van der Waals surface area contributed by atoms with Crippen molar-refractivity contribution in [3.8, 4) is 0 Å². The lowest BCUT2D eigenvalue weighted by molar-refractivity contribution is -0.135. The molecular weight excluding hydrogens is 376 g/mol. The summed E-state index contributed by atoms with van der Waals surface area (Å²) in [6, 6.07) is 0. The van der Waals surface area contributed by atoms with Crippen molar-refractivity contribution in [3.63, 3.8) is 0 Å². The van der Waals surface area contributed by atoms with Crippen molar-refractivity contribution >= 4 is 0 Å². The molecule has 0 bridgehead atoms. The molecule has 5 aliphatic carbocycles. The van der Waals surface area contributed by atoms with E-state index in [1.807, 2.05) is 0 Å². The topological polar surface area (TPSA) is 20.2 Å². The first kappa shape index (κ1) is 22.3. The van der Waals surface area contributed by atoms with Gasteiger partial charge in [0.15, 0.2) is 0 Å². The molecule has 8 atom stereocenters. The second-order valence-corrected chi connectivity index (χ2v) is 14.5. The average molecular weight is 427 g/mol. The van der Waals surface area contributed by atoms with E-state index >= 15 is 0 Å². The number of hydrogen-bond donors (Lipinski definition) is 1. The number of aliphatic hydroxyl groups excluding tert-OH is 1. The van der Waals surface area contributed by atoms with Gasteiger partial charge in [0.25, 0.3) is 0 Å². The summed E-state index contributed by atoms with van der Waals surface area (Å²) in [7, 11) is 0. The molecule has 0 amide bonds. The third-order valence-electron chi connectivity index (χ3n) is 12.9. The van der Waals surface area contributed by atoms with Crippen LogP contribution >= 0.6 is 0 Å². The Kier molecular flexibility index (Phi) is 4.89. The first-order valence-electron chi connectivity index (χ1n) is 13.8. The Hall–Kier alpha value is -0.460. The Morgan fingerprint density at radius 1 is 0.871 bits per heavy atom. The van der Waals surface area contributed by atoms with Gasteiger partial charge in [0.1, 0.15) is 0 Å². The molecule has 0 radical (unpaired) electrons. The highest BCUT2D eigenvalue weighted by Gasteiger charge is 2.81. The van der Waals surface area contributed by atoms with E-state index in [2.05, 4.69) is 54.5 Å². The molecule has 1 N–H and O–H groups in total. The van der Waals surface area contributed by atoms with E-state index in [1.165, 1.54) is 64.2 Å². The molecule has 4 saturated carbocycles. The smallest absolute Gasteiger partial charge is 0.0942 e. The van der Waals surface area contributed by atoms with Crippen LogP contribution in [-0.2, 0) is 0 Å². The van der Waals surface area contributed by atoms with E-state index < -0.39 is 0 Å². The van der Waals surface area contributed by atoms with Crippen molar-refractivity contribution in [2.75, 3.05) is 0 Å². The predicted octanol–water partition coefficient (Wildman–Crippen LogP) is 8.94. The van der Waals surface area contributed by atoms with Crippen LogP contribution in [0.4, 0.5) is 0 Å². The van der Waals surface area contributed by atoms with Gasteiger partial charge in [-0.15, -0.1) is 0 Å². The van der Waals surface area contributed by atoms with Crippen molar-refractivity contribution in [1.82, 2.24) is 0 Å². The minimum atomic E-state index is -0.0164. The van der Waals surface area contributed by atoms with Gasteiger partial charge in [-0.3, -0.25) is 0 Å². The zero-order valence-corrected chi connectivity index (χ0v) is 21.7. The van der Waals surface area contributed by atoms with Crippen LogP contribution in [0.2, 0.25) is 0 Å². The highest BCUT2D eigenvalue weighted by atomic mass is 16.3. The van der Waals surface area contributed by atoms with Gasteiger partial charge in [0.05, 0.1) is 5.76 Å². The molecule has 0 saturated heterocycles. The fourth-order valence-corrected chi connectivity index (χ4v) is 10.9. The lowest BCUT2D eigenvalue weighted by Crippen LogP contribution is -2.56. The Balaban J connectivity index is 1.40. The Labute approximate surface area is 192 Å². The van der Waals surface area contributed by atoms with Crippen LogP contribution in [0.1, 0.15) is 119 Å². The van der Waals surface area contributed by atoms with Gasteiger partial charge in [-0.1, -0.05) is 67.7 Å². The zero-order valence-electron chi connectivity index (χ0n) is 21.7. The molecule has 0 aromatic carbocycles. The summed E-state index contributed by atoms with van der Waals surface area (Å²) in [5.74, 6) is 4.97. The fraction of sp³-hybridized carbons (Fsp3) is 0.933. The van der Waals surface area contributed by atoms with Gasteiger partial charge in [0.2, 0.25) is 0 Å². The molecule has 5 aliphatic rings. The first-order valence-corrected chi connectivity index (χ1v) is 13.8. The summed E-state index contributed by atoms with van der Waals surface area (Å²) in [5.41, 5.74) is 2.16. The van der Waals surface area contributed by atoms with Crippen LogP contribution in [0, 0.1) is 56.7 Å². The quantitative estimate of drug-likeness (QED) is 0.465. The second-order valence-electron chi connectivity index (χ2n) is 14.5. The Bertz CT molecular complexity index is 762. The molecule has 4 fully saturated rings. The van der Waals surface area contributed by atoms with Crippen LogP contribution < -0.4 is 0 Å². The molecule has 5 rings (SSSR count).